The maximum atomic E-state index is 10.4. The minimum absolute atomic E-state index is 0.387. The van der Waals surface area contributed by atoms with E-state index < -0.39 is 6.04 Å². The van der Waals surface area contributed by atoms with Crippen LogP contribution in [0.3, 0.4) is 0 Å². The van der Waals surface area contributed by atoms with E-state index in [0.29, 0.717) is 0 Å². The van der Waals surface area contributed by atoms with Gasteiger partial charge in [-0.25, -0.2) is 0 Å². The Morgan fingerprint density at radius 3 is 2.89 bits per heavy atom. The van der Waals surface area contributed by atoms with Crippen LogP contribution >= 0.6 is 0 Å². The van der Waals surface area contributed by atoms with Gasteiger partial charge in [0.05, 0.1) is 0 Å². The SMILES string of the molecule is NC(=O)C1C=CCC=N1. The third-order valence-corrected chi connectivity index (χ3v) is 1.12. The van der Waals surface area contributed by atoms with E-state index in [1.54, 1.807) is 12.3 Å². The number of nitrogens with zero attached hydrogens (tertiary/aromatic N) is 1. The lowest BCUT2D eigenvalue weighted by Gasteiger charge is -2.03. The lowest BCUT2D eigenvalue weighted by atomic mass is 10.2. The lowest BCUT2D eigenvalue weighted by Crippen LogP contribution is -2.25. The van der Waals surface area contributed by atoms with E-state index in [9.17, 15) is 4.79 Å². The number of amides is 1. The average molecular weight is 124 g/mol. The molecule has 9 heavy (non-hydrogen) atoms. The van der Waals surface area contributed by atoms with Gasteiger partial charge >= 0.3 is 0 Å². The van der Waals surface area contributed by atoms with E-state index in [4.69, 9.17) is 5.73 Å². The maximum Gasteiger partial charge on any atom is 0.246 e. The fourth-order valence-electron chi connectivity index (χ4n) is 0.661. The van der Waals surface area contributed by atoms with Crippen molar-refractivity contribution in [1.82, 2.24) is 0 Å². The van der Waals surface area contributed by atoms with Crippen molar-refractivity contribution in [2.45, 2.75) is 12.5 Å². The van der Waals surface area contributed by atoms with Gasteiger partial charge in [-0.3, -0.25) is 9.79 Å². The van der Waals surface area contributed by atoms with Gasteiger partial charge in [0.2, 0.25) is 5.91 Å². The predicted octanol–water partition coefficient (Wildman–Crippen LogP) is -0.129. The molecule has 1 unspecified atom stereocenters. The number of carbonyl (C=O) groups is 1. The number of primary amides is 1. The summed E-state index contributed by atoms with van der Waals surface area (Å²) in [5.41, 5.74) is 4.96. The van der Waals surface area contributed by atoms with Gasteiger partial charge < -0.3 is 5.73 Å². The molecule has 0 radical (unpaired) electrons. The first-order valence-electron chi connectivity index (χ1n) is 2.78. The molecule has 1 heterocycles. The van der Waals surface area contributed by atoms with Crippen LogP contribution in [0.4, 0.5) is 0 Å². The highest BCUT2D eigenvalue weighted by Crippen LogP contribution is 1.98. The molecule has 0 aromatic heterocycles. The molecule has 48 valence electrons. The molecule has 0 bridgehead atoms. The average Bonchev–Trinajstić information content (AvgIpc) is 1.90. The fourth-order valence-corrected chi connectivity index (χ4v) is 0.661. The van der Waals surface area contributed by atoms with E-state index in [-0.39, 0.29) is 5.91 Å². The first-order chi connectivity index (χ1) is 4.30. The molecule has 1 rings (SSSR count). The Kier molecular flexibility index (Phi) is 1.63. The smallest absolute Gasteiger partial charge is 0.246 e. The molecule has 1 aliphatic heterocycles. The number of dihydropyridines is 1. The second kappa shape index (κ2) is 2.44. The zero-order valence-corrected chi connectivity index (χ0v) is 4.95. The first-order valence-corrected chi connectivity index (χ1v) is 2.78. The molecule has 1 aliphatic rings. The largest absolute Gasteiger partial charge is 0.368 e. The maximum absolute atomic E-state index is 10.4. The van der Waals surface area contributed by atoms with Crippen LogP contribution in [0, 0.1) is 0 Å². The quantitative estimate of drug-likeness (QED) is 0.486. The van der Waals surface area contributed by atoms with Crippen molar-refractivity contribution in [1.29, 1.82) is 0 Å². The number of hydrogen-bond acceptors (Lipinski definition) is 2. The third kappa shape index (κ3) is 1.38. The van der Waals surface area contributed by atoms with Crippen LogP contribution < -0.4 is 5.73 Å². The molecule has 0 aromatic rings. The monoisotopic (exact) mass is 124 g/mol. The van der Waals surface area contributed by atoms with E-state index in [0.717, 1.165) is 6.42 Å². The van der Waals surface area contributed by atoms with Crippen molar-refractivity contribution < 1.29 is 4.79 Å². The van der Waals surface area contributed by atoms with E-state index in [2.05, 4.69) is 4.99 Å². The summed E-state index contributed by atoms with van der Waals surface area (Å²) < 4.78 is 0. The number of hydrogen-bond donors (Lipinski definition) is 1. The van der Waals surface area contributed by atoms with Crippen LogP contribution in [0.5, 0.6) is 0 Å². The Bertz CT molecular complexity index is 160. The van der Waals surface area contributed by atoms with Crippen molar-refractivity contribution in [3.05, 3.63) is 12.2 Å². The molecule has 0 spiro atoms. The van der Waals surface area contributed by atoms with Gasteiger partial charge in [0.15, 0.2) is 0 Å². The highest BCUT2D eigenvalue weighted by Gasteiger charge is 2.08. The predicted molar refractivity (Wildman–Crippen MR) is 35.2 cm³/mol. The van der Waals surface area contributed by atoms with Gasteiger partial charge in [-0.1, -0.05) is 12.2 Å². The number of rotatable bonds is 1. The Morgan fingerprint density at radius 2 is 2.56 bits per heavy atom. The minimum atomic E-state index is -0.418. The number of allylic oxidation sites excluding steroid dienone is 1. The summed E-state index contributed by atoms with van der Waals surface area (Å²) in [4.78, 5) is 14.3. The molecule has 3 nitrogen and oxygen atoms in total. The minimum Gasteiger partial charge on any atom is -0.368 e. The topological polar surface area (TPSA) is 55.5 Å². The van der Waals surface area contributed by atoms with Crippen molar-refractivity contribution in [3.8, 4) is 0 Å². The van der Waals surface area contributed by atoms with Crippen molar-refractivity contribution in [2.24, 2.45) is 10.7 Å². The van der Waals surface area contributed by atoms with Crippen LogP contribution in [-0.4, -0.2) is 18.2 Å². The normalized spacial score (nSPS) is 24.2. The van der Waals surface area contributed by atoms with E-state index in [1.807, 2.05) is 6.08 Å². The second-order valence-electron chi connectivity index (χ2n) is 1.84. The summed E-state index contributed by atoms with van der Waals surface area (Å²) in [5, 5.41) is 0. The zero-order chi connectivity index (χ0) is 6.69. The number of carbonyl (C=O) groups excluding carboxylic acids is 1. The molecule has 0 saturated carbocycles. The van der Waals surface area contributed by atoms with Crippen LogP contribution in [0.1, 0.15) is 6.42 Å². The van der Waals surface area contributed by atoms with Gasteiger partial charge in [0.1, 0.15) is 6.04 Å². The Hall–Kier alpha value is -1.12. The summed E-state index contributed by atoms with van der Waals surface area (Å²) in [6.45, 7) is 0. The lowest BCUT2D eigenvalue weighted by molar-refractivity contribution is -0.118. The van der Waals surface area contributed by atoms with Crippen LogP contribution in [0.2, 0.25) is 0 Å². The van der Waals surface area contributed by atoms with E-state index in [1.165, 1.54) is 0 Å². The number of aliphatic imine (C=N–C) groups is 1. The molecule has 2 N–H and O–H groups in total. The van der Waals surface area contributed by atoms with Gasteiger partial charge in [0, 0.05) is 12.6 Å². The third-order valence-electron chi connectivity index (χ3n) is 1.12. The summed E-state index contributed by atoms with van der Waals surface area (Å²) in [5.74, 6) is -0.387. The standard InChI is InChI=1S/C6H8N2O/c7-6(9)5-3-1-2-4-8-5/h1,3-5H,2H2,(H2,7,9). The van der Waals surface area contributed by atoms with Gasteiger partial charge in [-0.05, 0) is 0 Å². The highest BCUT2D eigenvalue weighted by molar-refractivity contribution is 5.84. The van der Waals surface area contributed by atoms with Crippen molar-refractivity contribution in [2.75, 3.05) is 0 Å². The second-order valence-corrected chi connectivity index (χ2v) is 1.84. The summed E-state index contributed by atoms with van der Waals surface area (Å²) in [6.07, 6.45) is 6.09. The molecule has 1 atom stereocenters. The molecule has 3 heteroatoms. The summed E-state index contributed by atoms with van der Waals surface area (Å²) in [6, 6.07) is -0.418. The Labute approximate surface area is 53.3 Å². The number of nitrogens with two attached hydrogens (primary N) is 1. The van der Waals surface area contributed by atoms with Gasteiger partial charge in [-0.15, -0.1) is 0 Å². The molecule has 0 aromatic carbocycles. The molecular weight excluding hydrogens is 116 g/mol. The highest BCUT2D eigenvalue weighted by atomic mass is 16.1. The fraction of sp³-hybridized carbons (Fsp3) is 0.333. The first kappa shape index (κ1) is 6.01. The summed E-state index contributed by atoms with van der Waals surface area (Å²) >= 11 is 0. The van der Waals surface area contributed by atoms with Crippen molar-refractivity contribution >= 4 is 12.1 Å². The molecular formula is C6H8N2O. The Balaban J connectivity index is 2.60. The van der Waals surface area contributed by atoms with Crippen molar-refractivity contribution in [3.63, 3.8) is 0 Å². The Morgan fingerprint density at radius 1 is 1.78 bits per heavy atom. The van der Waals surface area contributed by atoms with Gasteiger partial charge in [0.25, 0.3) is 0 Å². The molecule has 0 saturated heterocycles. The van der Waals surface area contributed by atoms with E-state index >= 15 is 0 Å². The van der Waals surface area contributed by atoms with Crippen LogP contribution in [0.25, 0.3) is 0 Å². The zero-order valence-electron chi connectivity index (χ0n) is 4.95. The van der Waals surface area contributed by atoms with Crippen LogP contribution in [-0.2, 0) is 4.79 Å². The molecule has 1 amide bonds. The van der Waals surface area contributed by atoms with Gasteiger partial charge in [-0.2, -0.15) is 0 Å². The molecule has 0 aliphatic carbocycles. The molecule has 0 fully saturated rings. The van der Waals surface area contributed by atoms with Crippen LogP contribution in [0.15, 0.2) is 17.1 Å². The summed E-state index contributed by atoms with van der Waals surface area (Å²) in [7, 11) is 0.